The van der Waals surface area contributed by atoms with Gasteiger partial charge in [0.1, 0.15) is 0 Å². The van der Waals surface area contributed by atoms with Gasteiger partial charge in [0.2, 0.25) is 0 Å². The summed E-state index contributed by atoms with van der Waals surface area (Å²) in [5, 5.41) is 2.89. The smallest absolute Gasteiger partial charge is 0.322 e. The minimum absolute atomic E-state index is 0.0786. The lowest BCUT2D eigenvalue weighted by molar-refractivity contribution is 0.206. The van der Waals surface area contributed by atoms with Gasteiger partial charge in [-0.05, 0) is 35.7 Å². The topological polar surface area (TPSA) is 58.4 Å². The molecule has 0 atom stereocenters. The Balaban J connectivity index is 1.70. The highest BCUT2D eigenvalue weighted by molar-refractivity contribution is 5.90. The molecule has 3 N–H and O–H groups in total. The molecule has 0 bridgehead atoms. The van der Waals surface area contributed by atoms with E-state index in [1.807, 2.05) is 29.2 Å². The number of carbonyl (C=O) groups is 1. The lowest BCUT2D eigenvalue weighted by Gasteiger charge is -2.29. The van der Waals surface area contributed by atoms with E-state index in [4.69, 9.17) is 5.73 Å². The molecule has 2 aromatic rings. The predicted molar refractivity (Wildman–Crippen MR) is 80.4 cm³/mol. The summed E-state index contributed by atoms with van der Waals surface area (Å²) >= 11 is 0. The number of anilines is 2. The van der Waals surface area contributed by atoms with E-state index >= 15 is 0 Å². The molecular weight excluding hydrogens is 250 g/mol. The van der Waals surface area contributed by atoms with Crippen molar-refractivity contribution in [2.24, 2.45) is 0 Å². The molecule has 102 valence electrons. The fourth-order valence-electron chi connectivity index (χ4n) is 2.49. The normalized spacial score (nSPS) is 13.7. The third-order valence-corrected chi connectivity index (χ3v) is 3.56. The summed E-state index contributed by atoms with van der Waals surface area (Å²) in [6.45, 7) is 1.40. The molecule has 2 aromatic carbocycles. The van der Waals surface area contributed by atoms with Crippen molar-refractivity contribution in [1.29, 1.82) is 0 Å². The molecule has 1 heterocycles. The first-order valence-corrected chi connectivity index (χ1v) is 6.70. The number of nitrogens with one attached hydrogen (secondary N) is 1. The van der Waals surface area contributed by atoms with E-state index in [1.165, 1.54) is 11.1 Å². The van der Waals surface area contributed by atoms with E-state index in [1.54, 1.807) is 12.1 Å². The molecule has 0 fully saturated rings. The van der Waals surface area contributed by atoms with Gasteiger partial charge in [-0.1, -0.05) is 30.3 Å². The second-order valence-corrected chi connectivity index (χ2v) is 5.00. The lowest BCUT2D eigenvalue weighted by Crippen LogP contribution is -2.38. The van der Waals surface area contributed by atoms with Gasteiger partial charge < -0.3 is 16.0 Å². The van der Waals surface area contributed by atoms with Crippen LogP contribution >= 0.6 is 0 Å². The quantitative estimate of drug-likeness (QED) is 0.780. The average molecular weight is 267 g/mol. The summed E-state index contributed by atoms with van der Waals surface area (Å²) in [5.41, 5.74) is 9.64. The maximum Gasteiger partial charge on any atom is 0.322 e. The molecule has 0 radical (unpaired) electrons. The van der Waals surface area contributed by atoms with Crippen LogP contribution in [0, 0.1) is 0 Å². The third-order valence-electron chi connectivity index (χ3n) is 3.56. The number of urea groups is 1. The fourth-order valence-corrected chi connectivity index (χ4v) is 2.49. The number of hydrogen-bond acceptors (Lipinski definition) is 2. The van der Waals surface area contributed by atoms with Gasteiger partial charge >= 0.3 is 6.03 Å². The Kier molecular flexibility index (Phi) is 3.29. The summed E-state index contributed by atoms with van der Waals surface area (Å²) in [5.74, 6) is 0. The Labute approximate surface area is 118 Å². The molecule has 0 saturated carbocycles. The van der Waals surface area contributed by atoms with Crippen LogP contribution in [0.5, 0.6) is 0 Å². The van der Waals surface area contributed by atoms with E-state index in [0.717, 1.165) is 18.7 Å². The summed E-state index contributed by atoms with van der Waals surface area (Å²) in [7, 11) is 0. The fraction of sp³-hybridized carbons (Fsp3) is 0.188. The monoisotopic (exact) mass is 267 g/mol. The molecule has 4 nitrogen and oxygen atoms in total. The van der Waals surface area contributed by atoms with Gasteiger partial charge in [0.05, 0.1) is 0 Å². The van der Waals surface area contributed by atoms with Crippen LogP contribution in [0.3, 0.4) is 0 Å². The first kappa shape index (κ1) is 12.5. The standard InChI is InChI=1S/C16H17N3O/c17-14-6-3-7-15(10-14)18-16(20)19-9-8-12-4-1-2-5-13(12)11-19/h1-7,10H,8-9,11,17H2,(H,18,20). The Morgan fingerprint density at radius 2 is 1.90 bits per heavy atom. The van der Waals surface area contributed by atoms with Crippen LogP contribution in [-0.2, 0) is 13.0 Å². The summed E-state index contributed by atoms with van der Waals surface area (Å²) in [6.07, 6.45) is 0.903. The van der Waals surface area contributed by atoms with Crippen molar-refractivity contribution in [3.63, 3.8) is 0 Å². The molecule has 4 heteroatoms. The zero-order valence-corrected chi connectivity index (χ0v) is 11.2. The Morgan fingerprint density at radius 1 is 1.10 bits per heavy atom. The molecule has 3 rings (SSSR count). The van der Waals surface area contributed by atoms with Gasteiger partial charge in [-0.15, -0.1) is 0 Å². The molecule has 0 aromatic heterocycles. The van der Waals surface area contributed by atoms with Gasteiger partial charge in [0.25, 0.3) is 0 Å². The highest BCUT2D eigenvalue weighted by atomic mass is 16.2. The third kappa shape index (κ3) is 2.59. The molecule has 0 aliphatic carbocycles. The van der Waals surface area contributed by atoms with Crippen LogP contribution in [0.2, 0.25) is 0 Å². The van der Waals surface area contributed by atoms with E-state index < -0.39 is 0 Å². The molecular formula is C16H17N3O. The van der Waals surface area contributed by atoms with Crippen molar-refractivity contribution < 1.29 is 4.79 Å². The minimum atomic E-state index is -0.0786. The van der Waals surface area contributed by atoms with Gasteiger partial charge in [0.15, 0.2) is 0 Å². The number of nitrogens with zero attached hydrogens (tertiary/aromatic N) is 1. The zero-order valence-electron chi connectivity index (χ0n) is 11.2. The number of nitrogen functional groups attached to an aromatic ring is 1. The number of fused-ring (bicyclic) bond motifs is 1. The molecule has 1 aliphatic rings. The van der Waals surface area contributed by atoms with Crippen molar-refractivity contribution in [3.05, 3.63) is 59.7 Å². The highest BCUT2D eigenvalue weighted by Gasteiger charge is 2.20. The average Bonchev–Trinajstić information content (AvgIpc) is 2.47. The molecule has 0 spiro atoms. The molecule has 2 amide bonds. The largest absolute Gasteiger partial charge is 0.399 e. The summed E-state index contributed by atoms with van der Waals surface area (Å²) in [4.78, 5) is 14.1. The van der Waals surface area contributed by atoms with E-state index in [-0.39, 0.29) is 6.03 Å². The maximum absolute atomic E-state index is 12.3. The van der Waals surface area contributed by atoms with E-state index in [2.05, 4.69) is 17.4 Å². The van der Waals surface area contributed by atoms with Gasteiger partial charge in [-0.25, -0.2) is 4.79 Å². The van der Waals surface area contributed by atoms with Crippen LogP contribution in [0.1, 0.15) is 11.1 Å². The Morgan fingerprint density at radius 3 is 2.70 bits per heavy atom. The molecule has 1 aliphatic heterocycles. The van der Waals surface area contributed by atoms with Crippen molar-refractivity contribution >= 4 is 17.4 Å². The zero-order chi connectivity index (χ0) is 13.9. The molecule has 0 saturated heterocycles. The second-order valence-electron chi connectivity index (χ2n) is 5.00. The van der Waals surface area contributed by atoms with Gasteiger partial charge in [-0.3, -0.25) is 0 Å². The van der Waals surface area contributed by atoms with Crippen molar-refractivity contribution in [2.45, 2.75) is 13.0 Å². The number of rotatable bonds is 1. The Hall–Kier alpha value is -2.49. The van der Waals surface area contributed by atoms with Gasteiger partial charge in [0, 0.05) is 24.5 Å². The second kappa shape index (κ2) is 5.25. The van der Waals surface area contributed by atoms with Crippen molar-refractivity contribution in [3.8, 4) is 0 Å². The van der Waals surface area contributed by atoms with Crippen LogP contribution in [-0.4, -0.2) is 17.5 Å². The minimum Gasteiger partial charge on any atom is -0.399 e. The van der Waals surface area contributed by atoms with Crippen LogP contribution in [0.25, 0.3) is 0 Å². The number of nitrogens with two attached hydrogens (primary N) is 1. The highest BCUT2D eigenvalue weighted by Crippen LogP contribution is 2.20. The van der Waals surface area contributed by atoms with Crippen molar-refractivity contribution in [2.75, 3.05) is 17.6 Å². The van der Waals surface area contributed by atoms with Crippen LogP contribution < -0.4 is 11.1 Å². The number of carbonyl (C=O) groups excluding carboxylic acids is 1. The van der Waals surface area contributed by atoms with E-state index in [9.17, 15) is 4.79 Å². The SMILES string of the molecule is Nc1cccc(NC(=O)N2CCc3ccccc3C2)c1. The Bertz CT molecular complexity index is 639. The number of hydrogen-bond donors (Lipinski definition) is 2. The van der Waals surface area contributed by atoms with Gasteiger partial charge in [-0.2, -0.15) is 0 Å². The maximum atomic E-state index is 12.3. The van der Waals surface area contributed by atoms with Crippen LogP contribution in [0.4, 0.5) is 16.2 Å². The number of amides is 2. The summed E-state index contributed by atoms with van der Waals surface area (Å²) < 4.78 is 0. The molecule has 20 heavy (non-hydrogen) atoms. The van der Waals surface area contributed by atoms with Crippen molar-refractivity contribution in [1.82, 2.24) is 4.90 Å². The molecule has 0 unspecified atom stereocenters. The number of benzene rings is 2. The van der Waals surface area contributed by atoms with Crippen LogP contribution in [0.15, 0.2) is 48.5 Å². The first-order chi connectivity index (χ1) is 9.72. The summed E-state index contributed by atoms with van der Waals surface area (Å²) in [6, 6.07) is 15.4. The predicted octanol–water partition coefficient (Wildman–Crippen LogP) is 2.86. The van der Waals surface area contributed by atoms with E-state index in [0.29, 0.717) is 12.2 Å². The first-order valence-electron chi connectivity index (χ1n) is 6.70. The lowest BCUT2D eigenvalue weighted by atomic mass is 10.0.